The van der Waals surface area contributed by atoms with Crippen LogP contribution in [0.25, 0.3) is 0 Å². The van der Waals surface area contributed by atoms with Crippen LogP contribution in [0.15, 0.2) is 18.6 Å². The molecule has 2 aromatic rings. The number of hydrogen-bond acceptors (Lipinski definition) is 2. The maximum absolute atomic E-state index is 4.41. The molecule has 0 radical (unpaired) electrons. The van der Waals surface area contributed by atoms with E-state index in [2.05, 4.69) is 32.6 Å². The first kappa shape index (κ1) is 12.9. The van der Waals surface area contributed by atoms with Gasteiger partial charge in [0, 0.05) is 25.1 Å². The van der Waals surface area contributed by atoms with Gasteiger partial charge in [-0.25, -0.2) is 9.97 Å². The number of aromatic amines is 1. The molecule has 2 aromatic heterocycles. The molecule has 18 heavy (non-hydrogen) atoms. The van der Waals surface area contributed by atoms with Crippen molar-refractivity contribution < 1.29 is 0 Å². The van der Waals surface area contributed by atoms with Crippen molar-refractivity contribution in [3.05, 3.63) is 35.9 Å². The van der Waals surface area contributed by atoms with Crippen LogP contribution in [0.4, 0.5) is 0 Å². The number of H-pyrrole nitrogens is 1. The average molecular weight is 246 g/mol. The van der Waals surface area contributed by atoms with Crippen LogP contribution in [-0.2, 0) is 13.0 Å². The predicted molar refractivity (Wildman–Crippen MR) is 72.5 cm³/mol. The van der Waals surface area contributed by atoms with Crippen molar-refractivity contribution in [1.82, 2.24) is 19.5 Å². The van der Waals surface area contributed by atoms with E-state index in [1.807, 2.05) is 19.3 Å². The maximum atomic E-state index is 4.41. The summed E-state index contributed by atoms with van der Waals surface area (Å²) in [6, 6.07) is 0. The van der Waals surface area contributed by atoms with Gasteiger partial charge in [0.25, 0.3) is 0 Å². The number of nitrogens with one attached hydrogen (secondary N) is 1. The Bertz CT molecular complexity index is 470. The fourth-order valence-electron chi connectivity index (χ4n) is 2.18. The summed E-state index contributed by atoms with van der Waals surface area (Å²) in [6.45, 7) is 5.14. The Morgan fingerprint density at radius 1 is 1.17 bits per heavy atom. The van der Waals surface area contributed by atoms with Crippen LogP contribution in [0.3, 0.4) is 0 Å². The van der Waals surface area contributed by atoms with Crippen LogP contribution >= 0.6 is 0 Å². The van der Waals surface area contributed by atoms with Crippen molar-refractivity contribution in [3.8, 4) is 0 Å². The molecule has 4 nitrogen and oxygen atoms in total. The van der Waals surface area contributed by atoms with E-state index in [9.17, 15) is 0 Å². The molecule has 98 valence electrons. The third-order valence-corrected chi connectivity index (χ3v) is 3.26. The van der Waals surface area contributed by atoms with E-state index >= 15 is 0 Å². The van der Waals surface area contributed by atoms with Gasteiger partial charge in [-0.2, -0.15) is 0 Å². The van der Waals surface area contributed by atoms with Gasteiger partial charge in [-0.1, -0.05) is 12.8 Å². The summed E-state index contributed by atoms with van der Waals surface area (Å²) in [5.74, 6) is 2.13. The van der Waals surface area contributed by atoms with Crippen molar-refractivity contribution in [2.45, 2.75) is 52.5 Å². The van der Waals surface area contributed by atoms with Crippen LogP contribution < -0.4 is 0 Å². The van der Waals surface area contributed by atoms with Crippen molar-refractivity contribution in [1.29, 1.82) is 0 Å². The van der Waals surface area contributed by atoms with E-state index in [1.54, 1.807) is 0 Å². The van der Waals surface area contributed by atoms with E-state index in [-0.39, 0.29) is 0 Å². The fraction of sp³-hybridized carbons (Fsp3) is 0.571. The number of unbranched alkanes of at least 4 members (excludes halogenated alkanes) is 3. The Kier molecular flexibility index (Phi) is 4.56. The zero-order valence-electron chi connectivity index (χ0n) is 11.3. The highest BCUT2D eigenvalue weighted by molar-refractivity contribution is 4.99. The Labute approximate surface area is 108 Å². The molecule has 0 saturated heterocycles. The maximum Gasteiger partial charge on any atom is 0.105 e. The quantitative estimate of drug-likeness (QED) is 0.763. The first-order valence-electron chi connectivity index (χ1n) is 6.74. The monoisotopic (exact) mass is 246 g/mol. The average Bonchev–Trinajstić information content (AvgIpc) is 2.93. The zero-order chi connectivity index (χ0) is 12.8. The molecule has 0 saturated carbocycles. The number of aryl methyl sites for hydroxylation is 4. The fourth-order valence-corrected chi connectivity index (χ4v) is 2.18. The van der Waals surface area contributed by atoms with Gasteiger partial charge in [-0.15, -0.1) is 0 Å². The van der Waals surface area contributed by atoms with Crippen LogP contribution in [0.2, 0.25) is 0 Å². The highest BCUT2D eigenvalue weighted by atomic mass is 15.0. The number of rotatable bonds is 7. The lowest BCUT2D eigenvalue weighted by molar-refractivity contribution is 0.562. The summed E-state index contributed by atoms with van der Waals surface area (Å²) in [6.07, 6.45) is 12.1. The molecule has 1 N–H and O–H groups in total. The third-order valence-electron chi connectivity index (χ3n) is 3.26. The van der Waals surface area contributed by atoms with E-state index in [0.717, 1.165) is 24.6 Å². The molecule has 0 aliphatic rings. The predicted octanol–water partition coefficient (Wildman–Crippen LogP) is 3.03. The molecule has 0 atom stereocenters. The minimum atomic E-state index is 1.01. The standard InChI is InChI=1S/C14H22N4/c1-12-16-11-14(17-12)7-5-3-4-6-9-18-10-8-15-13(18)2/h8,10-11H,3-7,9H2,1-2H3,(H,16,17). The van der Waals surface area contributed by atoms with E-state index < -0.39 is 0 Å². The summed E-state index contributed by atoms with van der Waals surface area (Å²) in [4.78, 5) is 11.8. The molecule has 2 rings (SSSR count). The Balaban J connectivity index is 1.55. The summed E-state index contributed by atoms with van der Waals surface area (Å²) in [7, 11) is 0. The van der Waals surface area contributed by atoms with E-state index in [1.165, 1.54) is 31.4 Å². The molecular formula is C14H22N4. The largest absolute Gasteiger partial charge is 0.349 e. The Morgan fingerprint density at radius 2 is 2.00 bits per heavy atom. The van der Waals surface area contributed by atoms with Gasteiger partial charge in [0.15, 0.2) is 0 Å². The SMILES string of the molecule is Cc1nc(CCCCCCn2ccnc2C)c[nH]1. The normalized spacial score (nSPS) is 11.0. The van der Waals surface area contributed by atoms with Gasteiger partial charge in [0.2, 0.25) is 0 Å². The number of nitrogens with zero attached hydrogens (tertiary/aromatic N) is 3. The van der Waals surface area contributed by atoms with Crippen molar-refractivity contribution in [2.75, 3.05) is 0 Å². The summed E-state index contributed by atoms with van der Waals surface area (Å²) >= 11 is 0. The van der Waals surface area contributed by atoms with Crippen molar-refractivity contribution >= 4 is 0 Å². The van der Waals surface area contributed by atoms with Crippen molar-refractivity contribution in [2.24, 2.45) is 0 Å². The van der Waals surface area contributed by atoms with Gasteiger partial charge in [-0.3, -0.25) is 0 Å². The Morgan fingerprint density at radius 3 is 2.67 bits per heavy atom. The molecule has 0 bridgehead atoms. The molecular weight excluding hydrogens is 224 g/mol. The van der Waals surface area contributed by atoms with Crippen molar-refractivity contribution in [3.63, 3.8) is 0 Å². The minimum absolute atomic E-state index is 1.01. The Hall–Kier alpha value is -1.58. The molecule has 0 spiro atoms. The second-order valence-corrected chi connectivity index (χ2v) is 4.81. The van der Waals surface area contributed by atoms with E-state index in [4.69, 9.17) is 0 Å². The second-order valence-electron chi connectivity index (χ2n) is 4.81. The lowest BCUT2D eigenvalue weighted by Crippen LogP contribution is -1.99. The molecule has 0 aliphatic heterocycles. The zero-order valence-corrected chi connectivity index (χ0v) is 11.3. The molecule has 0 fully saturated rings. The number of imidazole rings is 2. The van der Waals surface area contributed by atoms with Crippen LogP contribution in [0.5, 0.6) is 0 Å². The lowest BCUT2D eigenvalue weighted by atomic mass is 10.1. The minimum Gasteiger partial charge on any atom is -0.349 e. The van der Waals surface area contributed by atoms with Gasteiger partial charge >= 0.3 is 0 Å². The van der Waals surface area contributed by atoms with Crippen LogP contribution in [0, 0.1) is 13.8 Å². The third kappa shape index (κ3) is 3.72. The first-order chi connectivity index (χ1) is 8.75. The first-order valence-corrected chi connectivity index (χ1v) is 6.74. The molecule has 0 aliphatic carbocycles. The molecule has 0 unspecified atom stereocenters. The summed E-state index contributed by atoms with van der Waals surface area (Å²) < 4.78 is 2.22. The topological polar surface area (TPSA) is 46.5 Å². The molecule has 0 aromatic carbocycles. The van der Waals surface area contributed by atoms with Crippen LogP contribution in [-0.4, -0.2) is 19.5 Å². The molecule has 2 heterocycles. The van der Waals surface area contributed by atoms with Gasteiger partial charge < -0.3 is 9.55 Å². The highest BCUT2D eigenvalue weighted by Gasteiger charge is 1.99. The van der Waals surface area contributed by atoms with Gasteiger partial charge in [0.1, 0.15) is 11.6 Å². The van der Waals surface area contributed by atoms with E-state index in [0.29, 0.717) is 0 Å². The van der Waals surface area contributed by atoms with Gasteiger partial charge in [0.05, 0.1) is 5.69 Å². The molecule has 4 heteroatoms. The summed E-state index contributed by atoms with van der Waals surface area (Å²) in [5, 5.41) is 0. The van der Waals surface area contributed by atoms with Gasteiger partial charge in [-0.05, 0) is 33.1 Å². The smallest absolute Gasteiger partial charge is 0.105 e. The number of aromatic nitrogens is 4. The molecule has 0 amide bonds. The van der Waals surface area contributed by atoms with Crippen LogP contribution in [0.1, 0.15) is 43.0 Å². The number of hydrogen-bond donors (Lipinski definition) is 1. The highest BCUT2D eigenvalue weighted by Crippen LogP contribution is 2.08. The summed E-state index contributed by atoms with van der Waals surface area (Å²) in [5.41, 5.74) is 1.19. The lowest BCUT2D eigenvalue weighted by Gasteiger charge is -2.04. The second kappa shape index (κ2) is 6.38.